The van der Waals surface area contributed by atoms with Crippen LogP contribution in [0.15, 0.2) is 78.0 Å². The van der Waals surface area contributed by atoms with E-state index in [0.717, 1.165) is 42.2 Å². The number of fused-ring (bicyclic) bond motifs is 1. The molecule has 334 valence electrons. The molecule has 15 nitrogen and oxygen atoms in total. The first-order valence-corrected chi connectivity index (χ1v) is 23.7. The summed E-state index contributed by atoms with van der Waals surface area (Å²) in [5.74, 6) is -0.520. The fourth-order valence-corrected chi connectivity index (χ4v) is 11.4. The lowest BCUT2D eigenvalue weighted by atomic mass is 10.1. The van der Waals surface area contributed by atoms with Gasteiger partial charge in [-0.25, -0.2) is 27.6 Å². The first kappa shape index (κ1) is 45.4. The van der Waals surface area contributed by atoms with Gasteiger partial charge in [-0.2, -0.15) is 18.4 Å². The van der Waals surface area contributed by atoms with Gasteiger partial charge in [0.15, 0.2) is 21.3 Å². The summed E-state index contributed by atoms with van der Waals surface area (Å²) in [4.78, 5) is 32.3. The maximum absolute atomic E-state index is 14.3. The van der Waals surface area contributed by atoms with Gasteiger partial charge in [0.1, 0.15) is 17.2 Å². The number of carbonyl (C=O) groups is 1. The molecule has 4 heterocycles. The van der Waals surface area contributed by atoms with Crippen molar-refractivity contribution in [1.82, 2.24) is 19.9 Å². The van der Waals surface area contributed by atoms with E-state index in [1.54, 1.807) is 6.20 Å². The number of rotatable bonds is 17. The molecule has 7 rings (SSSR count). The zero-order chi connectivity index (χ0) is 45.2. The van der Waals surface area contributed by atoms with Crippen molar-refractivity contribution in [3.63, 3.8) is 0 Å². The number of H-pyrrole nitrogens is 1. The molecule has 0 spiro atoms. The number of anilines is 2. The van der Waals surface area contributed by atoms with Gasteiger partial charge < -0.3 is 29.8 Å². The lowest BCUT2D eigenvalue weighted by molar-refractivity contribution is -0.137. The fraction of sp³-hybridized carbons (Fsp3) is 0.419. The summed E-state index contributed by atoms with van der Waals surface area (Å²) >= 11 is 0. The van der Waals surface area contributed by atoms with Gasteiger partial charge in [-0.15, -0.1) is 0 Å². The maximum atomic E-state index is 14.3. The second kappa shape index (κ2) is 17.9. The van der Waals surface area contributed by atoms with Gasteiger partial charge in [0.2, 0.25) is 0 Å². The first-order valence-electron chi connectivity index (χ1n) is 20.4. The van der Waals surface area contributed by atoms with E-state index in [0.29, 0.717) is 87.5 Å². The number of alkyl halides is 3. The molecule has 1 saturated heterocycles. The van der Waals surface area contributed by atoms with Crippen LogP contribution in [-0.2, 0) is 40.0 Å². The van der Waals surface area contributed by atoms with Crippen molar-refractivity contribution in [1.29, 1.82) is 10.0 Å². The number of pyridine rings is 1. The highest BCUT2D eigenvalue weighted by molar-refractivity contribution is 7.93. The minimum absolute atomic E-state index is 0.0697. The monoisotopic (exact) mass is 908 g/mol. The standard InChI is InChI=1S/C43H47F3N8O7S2/c1-28-26-60-21-19-54(28)37-24-36(52-39(53-37)34-14-18-50-38-33(34)13-17-49-38)42(15-16-42)63(48,59)22-6-4-3-5-20-61-31-9-11-32(12-10-31)62(57,58)27-41(2,56)40(55)51-30-8-7-29(25-47)35(23-30)43(44,45)46/h7-14,17-18,23-24,28,48,56H,3-6,15-16,19-22,26-27H2,1-2H3,(H,49,50)(H,51,55)/t28-,41+,63?/m1/s1. The number of hydrogen-bond acceptors (Lipinski definition) is 13. The van der Waals surface area contributed by atoms with Gasteiger partial charge in [-0.1, -0.05) is 12.8 Å². The van der Waals surface area contributed by atoms with Crippen LogP contribution in [0.25, 0.3) is 22.4 Å². The minimum Gasteiger partial charge on any atom is -0.494 e. The predicted octanol–water partition coefficient (Wildman–Crippen LogP) is 6.97. The number of sulfone groups is 1. The molecule has 2 aliphatic rings. The van der Waals surface area contributed by atoms with E-state index in [2.05, 4.69) is 27.1 Å². The van der Waals surface area contributed by atoms with E-state index >= 15 is 0 Å². The Morgan fingerprint density at radius 3 is 2.52 bits per heavy atom. The number of ether oxygens (including phenoxy) is 2. The van der Waals surface area contributed by atoms with Crippen LogP contribution in [0, 0.1) is 16.1 Å². The van der Waals surface area contributed by atoms with Gasteiger partial charge >= 0.3 is 6.18 Å². The highest BCUT2D eigenvalue weighted by atomic mass is 32.2. The highest BCUT2D eigenvalue weighted by Gasteiger charge is 2.54. The van der Waals surface area contributed by atoms with E-state index in [1.807, 2.05) is 24.4 Å². The SMILES string of the molecule is C[C@@H]1COCCN1c1cc(C2(S(=N)(=O)CCCCCCOc3ccc(S(=O)(=O)C[C@](C)(O)C(=O)Nc4ccc(C#N)c(C(F)(F)F)c4)cc3)CC2)nc(-c2ccnc3[nH]ccc23)n1. The Bertz CT molecular complexity index is 2750. The maximum Gasteiger partial charge on any atom is 0.417 e. The number of aliphatic hydroxyl groups is 1. The highest BCUT2D eigenvalue weighted by Crippen LogP contribution is 2.54. The minimum atomic E-state index is -4.89. The third-order valence-electron chi connectivity index (χ3n) is 11.3. The quantitative estimate of drug-likeness (QED) is 0.0694. The van der Waals surface area contributed by atoms with E-state index < -0.39 is 58.9 Å². The number of hydrogen-bond donors (Lipinski definition) is 4. The third-order valence-corrected chi connectivity index (χ3v) is 16.0. The summed E-state index contributed by atoms with van der Waals surface area (Å²) in [5.41, 5.74) is -2.75. The number of morpholine rings is 1. The van der Waals surface area contributed by atoms with Gasteiger partial charge in [-0.3, -0.25) is 9.57 Å². The van der Waals surface area contributed by atoms with E-state index in [-0.39, 0.29) is 22.4 Å². The lowest BCUT2D eigenvalue weighted by Gasteiger charge is -2.35. The van der Waals surface area contributed by atoms with Crippen molar-refractivity contribution >= 4 is 48.0 Å². The number of nitrogens with zero attached hydrogens (tertiary/aromatic N) is 5. The molecular formula is C43H47F3N8O7S2. The zero-order valence-corrected chi connectivity index (χ0v) is 36.2. The lowest BCUT2D eigenvalue weighted by Crippen LogP contribution is -2.45. The van der Waals surface area contributed by atoms with Gasteiger partial charge in [-0.05, 0) is 94.1 Å². The largest absolute Gasteiger partial charge is 0.494 e. The molecule has 1 amide bonds. The number of carbonyl (C=O) groups excluding carboxylic acids is 1. The fourth-order valence-electron chi connectivity index (χ4n) is 7.66. The van der Waals surface area contributed by atoms with E-state index in [4.69, 9.17) is 24.7 Å². The molecule has 1 aliphatic heterocycles. The van der Waals surface area contributed by atoms with Crippen LogP contribution in [0.1, 0.15) is 69.2 Å². The Morgan fingerprint density at radius 2 is 1.83 bits per heavy atom. The van der Waals surface area contributed by atoms with Crippen molar-refractivity contribution in [2.45, 2.75) is 79.8 Å². The number of nitriles is 1. The van der Waals surface area contributed by atoms with Crippen molar-refractivity contribution in [2.24, 2.45) is 0 Å². The van der Waals surface area contributed by atoms with Gasteiger partial charge in [0, 0.05) is 47.4 Å². The van der Waals surface area contributed by atoms with E-state index in [1.165, 1.54) is 30.3 Å². The molecule has 3 aromatic heterocycles. The number of aromatic amines is 1. The topological polar surface area (TPSA) is 224 Å². The molecule has 1 unspecified atom stereocenters. The van der Waals surface area contributed by atoms with Gasteiger partial charge in [0.05, 0.1) is 73.9 Å². The zero-order valence-electron chi connectivity index (χ0n) is 34.6. The Labute approximate surface area is 363 Å². The van der Waals surface area contributed by atoms with Crippen molar-refractivity contribution in [2.75, 3.05) is 48.1 Å². The predicted molar refractivity (Wildman–Crippen MR) is 229 cm³/mol. The summed E-state index contributed by atoms with van der Waals surface area (Å²) in [7, 11) is -7.36. The number of nitrogens with one attached hydrogen (secondary N) is 3. The molecule has 1 aliphatic carbocycles. The van der Waals surface area contributed by atoms with Gasteiger partial charge in [0.25, 0.3) is 5.91 Å². The number of unbranched alkanes of at least 4 members (excludes halogenated alkanes) is 3. The van der Waals surface area contributed by atoms with Crippen LogP contribution in [0.2, 0.25) is 0 Å². The summed E-state index contributed by atoms with van der Waals surface area (Å²) in [6.45, 7) is 5.06. The summed E-state index contributed by atoms with van der Waals surface area (Å²) in [6.07, 6.45) is 2.47. The normalized spacial score (nSPS) is 18.2. The second-order valence-electron chi connectivity index (χ2n) is 16.1. The molecule has 20 heteroatoms. The smallest absolute Gasteiger partial charge is 0.417 e. The molecule has 63 heavy (non-hydrogen) atoms. The molecule has 2 fully saturated rings. The number of amides is 1. The molecule has 4 N–H and O–H groups in total. The molecule has 2 aromatic carbocycles. The second-order valence-corrected chi connectivity index (χ2v) is 20.6. The summed E-state index contributed by atoms with van der Waals surface area (Å²) in [6, 6.07) is 15.0. The average molecular weight is 909 g/mol. The Balaban J connectivity index is 0.907. The Hall–Kier alpha value is -5.62. The molecule has 1 saturated carbocycles. The van der Waals surface area contributed by atoms with Crippen LogP contribution < -0.4 is 15.0 Å². The van der Waals surface area contributed by atoms with Crippen LogP contribution >= 0.6 is 0 Å². The van der Waals surface area contributed by atoms with Crippen LogP contribution in [0.4, 0.5) is 24.7 Å². The molecule has 0 radical (unpaired) electrons. The summed E-state index contributed by atoms with van der Waals surface area (Å²) < 4.78 is 100. The molecule has 5 aromatic rings. The number of aromatic nitrogens is 4. The number of halogens is 3. The molecule has 3 atom stereocenters. The van der Waals surface area contributed by atoms with Crippen molar-refractivity contribution in [3.8, 4) is 23.2 Å². The van der Waals surface area contributed by atoms with Crippen LogP contribution in [0.5, 0.6) is 5.75 Å². The molecular weight excluding hydrogens is 862 g/mol. The van der Waals surface area contributed by atoms with E-state index in [9.17, 15) is 40.5 Å². The Kier molecular flexibility index (Phi) is 12.9. The van der Waals surface area contributed by atoms with Crippen molar-refractivity contribution < 1.29 is 45.2 Å². The van der Waals surface area contributed by atoms with Crippen LogP contribution in [0.3, 0.4) is 0 Å². The number of benzene rings is 2. The third kappa shape index (κ3) is 9.96. The van der Waals surface area contributed by atoms with Crippen LogP contribution in [-0.4, -0.2) is 93.1 Å². The average Bonchev–Trinajstić information content (AvgIpc) is 3.94. The Morgan fingerprint density at radius 1 is 1.08 bits per heavy atom. The first-order chi connectivity index (χ1) is 29.8. The summed E-state index contributed by atoms with van der Waals surface area (Å²) in [5, 5.41) is 22.7. The van der Waals surface area contributed by atoms with Crippen molar-refractivity contribution in [3.05, 3.63) is 89.9 Å². The molecule has 0 bridgehead atoms.